The molecule has 0 spiro atoms. The van der Waals surface area contributed by atoms with Crippen LogP contribution < -0.4 is 0 Å². The molecule has 0 heterocycles. The standard InChI is InChI=1S/C17H22NS/c1-18(2,3)13-15-9-11-17(12-10-15)19-14-16-7-5-4-6-8-16/h4-12H,13-14H2,1-3H3/q+1. The molecule has 2 aromatic rings. The second-order valence-electron chi connectivity index (χ2n) is 5.87. The molecule has 0 N–H and O–H groups in total. The van der Waals surface area contributed by atoms with E-state index in [4.69, 9.17) is 0 Å². The lowest BCUT2D eigenvalue weighted by Gasteiger charge is -2.23. The molecule has 0 aromatic heterocycles. The Morgan fingerprint density at radius 1 is 0.789 bits per heavy atom. The normalized spacial score (nSPS) is 11.5. The molecule has 0 aliphatic rings. The van der Waals surface area contributed by atoms with Gasteiger partial charge < -0.3 is 4.48 Å². The molecular formula is C17H22NS+. The van der Waals surface area contributed by atoms with Gasteiger partial charge in [-0.2, -0.15) is 0 Å². The lowest BCUT2D eigenvalue weighted by atomic mass is 10.2. The van der Waals surface area contributed by atoms with Gasteiger partial charge in [0, 0.05) is 16.2 Å². The fourth-order valence-electron chi connectivity index (χ4n) is 1.98. The Labute approximate surface area is 120 Å². The summed E-state index contributed by atoms with van der Waals surface area (Å²) < 4.78 is 0.969. The zero-order valence-corrected chi connectivity index (χ0v) is 12.8. The summed E-state index contributed by atoms with van der Waals surface area (Å²) in [7, 11) is 6.66. The van der Waals surface area contributed by atoms with E-state index in [1.807, 2.05) is 11.8 Å². The Kier molecular flexibility index (Phi) is 4.67. The van der Waals surface area contributed by atoms with Crippen LogP contribution in [0.15, 0.2) is 59.5 Å². The second-order valence-corrected chi connectivity index (χ2v) is 6.92. The molecule has 2 aromatic carbocycles. The molecule has 0 saturated heterocycles. The van der Waals surface area contributed by atoms with Gasteiger partial charge in [-0.1, -0.05) is 42.5 Å². The van der Waals surface area contributed by atoms with Crippen molar-refractivity contribution in [3.63, 3.8) is 0 Å². The highest BCUT2D eigenvalue weighted by molar-refractivity contribution is 7.98. The minimum atomic E-state index is 0.969. The predicted molar refractivity (Wildman–Crippen MR) is 84.2 cm³/mol. The lowest BCUT2D eigenvalue weighted by Crippen LogP contribution is -2.33. The summed E-state index contributed by atoms with van der Waals surface area (Å²) >= 11 is 1.90. The second kappa shape index (κ2) is 6.27. The van der Waals surface area contributed by atoms with Gasteiger partial charge >= 0.3 is 0 Å². The Hall–Kier alpha value is -1.25. The van der Waals surface area contributed by atoms with E-state index in [1.165, 1.54) is 16.0 Å². The van der Waals surface area contributed by atoms with Crippen molar-refractivity contribution >= 4 is 11.8 Å². The SMILES string of the molecule is C[N+](C)(C)Cc1ccc(SCc2ccccc2)cc1. The van der Waals surface area contributed by atoms with Crippen molar-refractivity contribution in [1.82, 2.24) is 0 Å². The first kappa shape index (κ1) is 14.2. The average molecular weight is 272 g/mol. The smallest absolute Gasteiger partial charge is 0.104 e. The number of hydrogen-bond donors (Lipinski definition) is 0. The number of rotatable bonds is 5. The molecule has 1 nitrogen and oxygen atoms in total. The van der Waals surface area contributed by atoms with Gasteiger partial charge in [-0.3, -0.25) is 0 Å². The van der Waals surface area contributed by atoms with E-state index < -0.39 is 0 Å². The molecular weight excluding hydrogens is 250 g/mol. The van der Waals surface area contributed by atoms with Gasteiger partial charge in [0.2, 0.25) is 0 Å². The van der Waals surface area contributed by atoms with E-state index in [9.17, 15) is 0 Å². The van der Waals surface area contributed by atoms with Crippen LogP contribution in [0.5, 0.6) is 0 Å². The summed E-state index contributed by atoms with van der Waals surface area (Å²) in [6, 6.07) is 19.6. The summed E-state index contributed by atoms with van der Waals surface area (Å²) in [4.78, 5) is 1.34. The number of thioether (sulfide) groups is 1. The van der Waals surface area contributed by atoms with Crippen molar-refractivity contribution < 1.29 is 4.48 Å². The molecule has 0 radical (unpaired) electrons. The summed E-state index contributed by atoms with van der Waals surface area (Å²) in [5.74, 6) is 1.04. The summed E-state index contributed by atoms with van der Waals surface area (Å²) in [6.45, 7) is 1.07. The van der Waals surface area contributed by atoms with Crippen LogP contribution in [0.2, 0.25) is 0 Å². The third kappa shape index (κ3) is 5.09. The van der Waals surface area contributed by atoms with Gasteiger partial charge in [-0.05, 0) is 17.7 Å². The monoisotopic (exact) mass is 272 g/mol. The fraction of sp³-hybridized carbons (Fsp3) is 0.294. The van der Waals surface area contributed by atoms with E-state index in [1.54, 1.807) is 0 Å². The van der Waals surface area contributed by atoms with Crippen LogP contribution in [0.4, 0.5) is 0 Å². The number of nitrogens with zero attached hydrogens (tertiary/aromatic N) is 1. The lowest BCUT2D eigenvalue weighted by molar-refractivity contribution is -0.884. The molecule has 0 unspecified atom stereocenters. The molecule has 0 bridgehead atoms. The van der Waals surface area contributed by atoms with E-state index in [0.717, 1.165) is 16.8 Å². The molecule has 0 fully saturated rings. The van der Waals surface area contributed by atoms with E-state index >= 15 is 0 Å². The van der Waals surface area contributed by atoms with Crippen molar-refractivity contribution in [2.24, 2.45) is 0 Å². The number of hydrogen-bond acceptors (Lipinski definition) is 1. The highest BCUT2D eigenvalue weighted by atomic mass is 32.2. The molecule has 0 atom stereocenters. The van der Waals surface area contributed by atoms with Gasteiger partial charge in [0.05, 0.1) is 21.1 Å². The maximum absolute atomic E-state index is 2.25. The summed E-state index contributed by atoms with van der Waals surface area (Å²) in [5.41, 5.74) is 2.78. The quantitative estimate of drug-likeness (QED) is 0.581. The van der Waals surface area contributed by atoms with E-state index in [2.05, 4.69) is 75.7 Å². The largest absolute Gasteiger partial charge is 0.327 e. The first-order valence-electron chi connectivity index (χ1n) is 6.59. The Morgan fingerprint density at radius 2 is 1.42 bits per heavy atom. The molecule has 2 heteroatoms. The van der Waals surface area contributed by atoms with E-state index in [0.29, 0.717) is 0 Å². The maximum Gasteiger partial charge on any atom is 0.104 e. The van der Waals surface area contributed by atoms with Crippen molar-refractivity contribution in [1.29, 1.82) is 0 Å². The fourth-order valence-corrected chi connectivity index (χ4v) is 2.83. The minimum Gasteiger partial charge on any atom is -0.327 e. The van der Waals surface area contributed by atoms with Crippen LogP contribution in [0.1, 0.15) is 11.1 Å². The average Bonchev–Trinajstić information content (AvgIpc) is 2.37. The van der Waals surface area contributed by atoms with Crippen LogP contribution in [-0.4, -0.2) is 25.6 Å². The maximum atomic E-state index is 2.25. The Balaban J connectivity index is 1.92. The van der Waals surface area contributed by atoms with Gasteiger partial charge in [0.25, 0.3) is 0 Å². The Morgan fingerprint density at radius 3 is 2.00 bits per heavy atom. The zero-order valence-electron chi connectivity index (χ0n) is 12.0. The highest BCUT2D eigenvalue weighted by Gasteiger charge is 2.08. The van der Waals surface area contributed by atoms with Crippen molar-refractivity contribution in [2.75, 3.05) is 21.1 Å². The summed E-state index contributed by atoms with van der Waals surface area (Å²) in [5, 5.41) is 0. The van der Waals surface area contributed by atoms with Crippen LogP contribution in [0.25, 0.3) is 0 Å². The zero-order chi connectivity index (χ0) is 13.7. The topological polar surface area (TPSA) is 0 Å². The summed E-state index contributed by atoms with van der Waals surface area (Å²) in [6.07, 6.45) is 0. The van der Waals surface area contributed by atoms with Crippen LogP contribution in [0, 0.1) is 0 Å². The van der Waals surface area contributed by atoms with Gasteiger partial charge in [-0.15, -0.1) is 11.8 Å². The predicted octanol–water partition coefficient (Wildman–Crippen LogP) is 4.19. The Bertz CT molecular complexity index is 497. The molecule has 0 saturated carbocycles. The highest BCUT2D eigenvalue weighted by Crippen LogP contribution is 2.23. The molecule has 0 aliphatic carbocycles. The first-order valence-corrected chi connectivity index (χ1v) is 7.58. The minimum absolute atomic E-state index is 0.969. The molecule has 100 valence electrons. The van der Waals surface area contributed by atoms with Crippen LogP contribution in [0.3, 0.4) is 0 Å². The van der Waals surface area contributed by atoms with Gasteiger partial charge in [-0.25, -0.2) is 0 Å². The number of benzene rings is 2. The molecule has 0 amide bonds. The molecule has 19 heavy (non-hydrogen) atoms. The van der Waals surface area contributed by atoms with Crippen LogP contribution >= 0.6 is 11.8 Å². The number of quaternary nitrogens is 1. The van der Waals surface area contributed by atoms with Crippen molar-refractivity contribution in [3.05, 3.63) is 65.7 Å². The third-order valence-electron chi connectivity index (χ3n) is 2.83. The van der Waals surface area contributed by atoms with Gasteiger partial charge in [0.1, 0.15) is 6.54 Å². The molecule has 0 aliphatic heterocycles. The van der Waals surface area contributed by atoms with Gasteiger partial charge in [0.15, 0.2) is 0 Å². The molecule has 2 rings (SSSR count). The first-order chi connectivity index (χ1) is 9.03. The van der Waals surface area contributed by atoms with Crippen molar-refractivity contribution in [3.8, 4) is 0 Å². The van der Waals surface area contributed by atoms with Crippen molar-refractivity contribution in [2.45, 2.75) is 17.2 Å². The third-order valence-corrected chi connectivity index (χ3v) is 3.91. The van der Waals surface area contributed by atoms with E-state index in [-0.39, 0.29) is 0 Å². The van der Waals surface area contributed by atoms with Crippen LogP contribution in [-0.2, 0) is 12.3 Å².